The van der Waals surface area contributed by atoms with Crippen LogP contribution in [0.25, 0.3) is 10.9 Å². The number of carbonyl (C=O) groups is 1. The van der Waals surface area contributed by atoms with Crippen LogP contribution in [0.15, 0.2) is 34.2 Å². The second-order valence-electron chi connectivity index (χ2n) is 5.88. The standard InChI is InChI=1S/C18H19N5O3S/c1-4-26-16(24)10-22-12(3)14(13-7-5-6-8-15(13)22)9-19-23-17(25)11(2)20-21-18(23)27/h5-9H,4,10H2,1-3H3,(H,21,27)/b19-9-. The lowest BCUT2D eigenvalue weighted by Crippen LogP contribution is -2.22. The van der Waals surface area contributed by atoms with Crippen molar-refractivity contribution in [3.05, 3.63) is 56.3 Å². The molecule has 2 heterocycles. The van der Waals surface area contributed by atoms with Crippen LogP contribution in [0.1, 0.15) is 23.9 Å². The van der Waals surface area contributed by atoms with Gasteiger partial charge in [0.1, 0.15) is 12.2 Å². The molecule has 9 heteroatoms. The highest BCUT2D eigenvalue weighted by Gasteiger charge is 2.15. The quantitative estimate of drug-likeness (QED) is 0.413. The number of aromatic amines is 1. The third kappa shape index (κ3) is 3.59. The maximum absolute atomic E-state index is 12.2. The molecule has 2 aromatic heterocycles. The highest BCUT2D eigenvalue weighted by Crippen LogP contribution is 2.24. The molecule has 1 N–H and O–H groups in total. The van der Waals surface area contributed by atoms with E-state index in [2.05, 4.69) is 15.3 Å². The van der Waals surface area contributed by atoms with Crippen molar-refractivity contribution in [3.63, 3.8) is 0 Å². The third-order valence-electron chi connectivity index (χ3n) is 4.19. The summed E-state index contributed by atoms with van der Waals surface area (Å²) in [5.41, 5.74) is 2.39. The third-order valence-corrected chi connectivity index (χ3v) is 4.45. The van der Waals surface area contributed by atoms with Crippen LogP contribution < -0.4 is 5.56 Å². The van der Waals surface area contributed by atoms with Crippen molar-refractivity contribution in [2.24, 2.45) is 5.10 Å². The van der Waals surface area contributed by atoms with Gasteiger partial charge in [0.2, 0.25) is 4.77 Å². The zero-order valence-electron chi connectivity index (χ0n) is 15.2. The summed E-state index contributed by atoms with van der Waals surface area (Å²) in [7, 11) is 0. The number of hydrogen-bond donors (Lipinski definition) is 1. The molecule has 0 radical (unpaired) electrons. The minimum atomic E-state index is -0.386. The molecule has 0 spiro atoms. The molecule has 0 amide bonds. The summed E-state index contributed by atoms with van der Waals surface area (Å²) >= 11 is 5.10. The number of hydrogen-bond acceptors (Lipinski definition) is 6. The van der Waals surface area contributed by atoms with Gasteiger partial charge in [-0.3, -0.25) is 14.7 Å². The Labute approximate surface area is 160 Å². The average Bonchev–Trinajstić information content (AvgIpc) is 2.91. The van der Waals surface area contributed by atoms with Crippen molar-refractivity contribution in [1.82, 2.24) is 19.4 Å². The van der Waals surface area contributed by atoms with Gasteiger partial charge in [0.05, 0.1) is 12.8 Å². The lowest BCUT2D eigenvalue weighted by Gasteiger charge is -2.07. The number of nitrogens with zero attached hydrogens (tertiary/aromatic N) is 4. The maximum atomic E-state index is 12.2. The first kappa shape index (κ1) is 18.7. The number of aryl methyl sites for hydroxylation is 1. The molecule has 1 aromatic carbocycles. The molecule has 0 aliphatic rings. The average molecular weight is 385 g/mol. The Hall–Kier alpha value is -3.07. The van der Waals surface area contributed by atoms with Gasteiger partial charge in [-0.15, -0.1) is 0 Å². The largest absolute Gasteiger partial charge is 0.465 e. The van der Waals surface area contributed by atoms with Crippen molar-refractivity contribution in [1.29, 1.82) is 0 Å². The van der Waals surface area contributed by atoms with Crippen molar-refractivity contribution in [2.45, 2.75) is 27.3 Å². The highest BCUT2D eigenvalue weighted by atomic mass is 32.1. The van der Waals surface area contributed by atoms with Gasteiger partial charge >= 0.3 is 5.97 Å². The van der Waals surface area contributed by atoms with Gasteiger partial charge in [0, 0.05) is 22.2 Å². The lowest BCUT2D eigenvalue weighted by molar-refractivity contribution is -0.143. The minimum Gasteiger partial charge on any atom is -0.465 e. The van der Waals surface area contributed by atoms with Gasteiger partial charge in [-0.1, -0.05) is 18.2 Å². The summed E-state index contributed by atoms with van der Waals surface area (Å²) in [6.45, 7) is 5.67. The Morgan fingerprint density at radius 3 is 2.85 bits per heavy atom. The molecule has 27 heavy (non-hydrogen) atoms. The first-order valence-corrected chi connectivity index (χ1v) is 8.81. The molecule has 0 saturated carbocycles. The minimum absolute atomic E-state index is 0.0996. The number of ether oxygens (including phenoxy) is 1. The normalized spacial score (nSPS) is 11.4. The monoisotopic (exact) mass is 385 g/mol. The van der Waals surface area contributed by atoms with E-state index in [1.807, 2.05) is 35.8 Å². The van der Waals surface area contributed by atoms with E-state index in [9.17, 15) is 9.59 Å². The Morgan fingerprint density at radius 2 is 2.11 bits per heavy atom. The van der Waals surface area contributed by atoms with Crippen LogP contribution >= 0.6 is 12.2 Å². The molecular formula is C18H19N5O3S. The van der Waals surface area contributed by atoms with E-state index in [1.165, 1.54) is 0 Å². The van der Waals surface area contributed by atoms with E-state index >= 15 is 0 Å². The summed E-state index contributed by atoms with van der Waals surface area (Å²) in [6, 6.07) is 7.67. The van der Waals surface area contributed by atoms with Crippen molar-refractivity contribution < 1.29 is 9.53 Å². The molecule has 0 unspecified atom stereocenters. The molecule has 0 fully saturated rings. The first-order chi connectivity index (χ1) is 12.9. The van der Waals surface area contributed by atoms with Crippen LogP contribution in [0.5, 0.6) is 0 Å². The van der Waals surface area contributed by atoms with E-state index in [4.69, 9.17) is 17.0 Å². The fraction of sp³-hybridized carbons (Fsp3) is 0.278. The summed E-state index contributed by atoms with van der Waals surface area (Å²) < 4.78 is 8.14. The number of rotatable bonds is 5. The molecule has 0 aliphatic carbocycles. The SMILES string of the molecule is CCOC(=O)Cn1c(C)c(/C=N\n2c(=S)[nH]nc(C)c2=O)c2ccccc21. The Bertz CT molecular complexity index is 1160. The van der Waals surface area contributed by atoms with E-state index < -0.39 is 0 Å². The molecule has 140 valence electrons. The van der Waals surface area contributed by atoms with Gasteiger partial charge in [0.15, 0.2) is 0 Å². The van der Waals surface area contributed by atoms with Crippen LogP contribution in [0.4, 0.5) is 0 Å². The zero-order valence-corrected chi connectivity index (χ0v) is 16.0. The number of nitrogens with one attached hydrogen (secondary N) is 1. The van der Waals surface area contributed by atoms with Crippen LogP contribution in [-0.2, 0) is 16.1 Å². The van der Waals surface area contributed by atoms with E-state index in [0.717, 1.165) is 26.8 Å². The second kappa shape index (κ2) is 7.67. The summed E-state index contributed by atoms with van der Waals surface area (Å²) in [5, 5.41) is 11.6. The van der Waals surface area contributed by atoms with E-state index in [-0.39, 0.29) is 28.5 Å². The molecule has 0 bridgehead atoms. The first-order valence-electron chi connectivity index (χ1n) is 8.40. The number of para-hydroxylation sites is 1. The number of benzene rings is 1. The molecule has 0 saturated heterocycles. The number of esters is 1. The van der Waals surface area contributed by atoms with E-state index in [0.29, 0.717) is 6.61 Å². The number of H-pyrrole nitrogens is 1. The Balaban J connectivity index is 2.12. The van der Waals surface area contributed by atoms with Crippen LogP contribution in [0.2, 0.25) is 0 Å². The number of carbonyl (C=O) groups excluding carboxylic acids is 1. The topological polar surface area (TPSA) is 94.3 Å². The van der Waals surface area contributed by atoms with Crippen molar-refractivity contribution in [3.8, 4) is 0 Å². The zero-order chi connectivity index (χ0) is 19.6. The predicted molar refractivity (Wildman–Crippen MR) is 105 cm³/mol. The summed E-state index contributed by atoms with van der Waals surface area (Å²) in [5.74, 6) is -0.312. The van der Waals surface area contributed by atoms with Gasteiger partial charge in [0.25, 0.3) is 5.56 Å². The molecule has 0 atom stereocenters. The van der Waals surface area contributed by atoms with E-state index in [1.54, 1.807) is 20.1 Å². The summed E-state index contributed by atoms with van der Waals surface area (Å²) in [6.07, 6.45) is 1.57. The molecule has 8 nitrogen and oxygen atoms in total. The summed E-state index contributed by atoms with van der Waals surface area (Å²) in [4.78, 5) is 24.2. The molecular weight excluding hydrogens is 366 g/mol. The second-order valence-corrected chi connectivity index (χ2v) is 6.27. The van der Waals surface area contributed by atoms with Crippen molar-refractivity contribution in [2.75, 3.05) is 6.61 Å². The fourth-order valence-corrected chi connectivity index (χ4v) is 3.03. The fourth-order valence-electron chi connectivity index (χ4n) is 2.85. The molecule has 3 rings (SSSR count). The maximum Gasteiger partial charge on any atom is 0.325 e. The van der Waals surface area contributed by atoms with Crippen molar-refractivity contribution >= 4 is 35.3 Å². The van der Waals surface area contributed by atoms with Gasteiger partial charge in [-0.05, 0) is 39.1 Å². The molecule has 0 aliphatic heterocycles. The van der Waals surface area contributed by atoms with Crippen LogP contribution in [0.3, 0.4) is 0 Å². The van der Waals surface area contributed by atoms with Crippen LogP contribution in [0, 0.1) is 18.6 Å². The Morgan fingerprint density at radius 1 is 1.37 bits per heavy atom. The van der Waals surface area contributed by atoms with Crippen LogP contribution in [-0.4, -0.2) is 38.2 Å². The number of aromatic nitrogens is 4. The Kier molecular flexibility index (Phi) is 5.31. The smallest absolute Gasteiger partial charge is 0.325 e. The van der Waals surface area contributed by atoms with Gasteiger partial charge in [-0.2, -0.15) is 14.9 Å². The predicted octanol–water partition coefficient (Wildman–Crippen LogP) is 2.32. The number of fused-ring (bicyclic) bond motifs is 1. The van der Waals surface area contributed by atoms with Gasteiger partial charge < -0.3 is 9.30 Å². The molecule has 3 aromatic rings. The lowest BCUT2D eigenvalue weighted by atomic mass is 10.1. The highest BCUT2D eigenvalue weighted by molar-refractivity contribution is 7.71. The van der Waals surface area contributed by atoms with Gasteiger partial charge in [-0.25, -0.2) is 0 Å².